The molecule has 4 heteroatoms. The summed E-state index contributed by atoms with van der Waals surface area (Å²) in [6.45, 7) is 0. The summed E-state index contributed by atoms with van der Waals surface area (Å²) in [5, 5.41) is 1.55. The quantitative estimate of drug-likeness (QED) is 0.534. The summed E-state index contributed by atoms with van der Waals surface area (Å²) in [7, 11) is 0. The van der Waals surface area contributed by atoms with Crippen molar-refractivity contribution >= 4 is 36.6 Å². The Morgan fingerprint density at radius 3 is 1.53 bits per heavy atom. The first kappa shape index (κ1) is 11.1. The number of hydrogen-bond donors (Lipinski definition) is 0. The van der Waals surface area contributed by atoms with E-state index < -0.39 is 23.3 Å². The Morgan fingerprint density at radius 2 is 1.12 bits per heavy atom. The Hall–Kier alpha value is -0.980. The molecule has 0 fully saturated rings. The van der Waals surface area contributed by atoms with E-state index >= 15 is 0 Å². The van der Waals surface area contributed by atoms with Crippen LogP contribution in [0.3, 0.4) is 0 Å². The van der Waals surface area contributed by atoms with E-state index in [1.807, 2.05) is 0 Å². The van der Waals surface area contributed by atoms with Crippen LogP contribution in [-0.4, -0.2) is 19.1 Å². The zero-order valence-corrected chi connectivity index (χ0v) is 11.0. The van der Waals surface area contributed by atoms with Crippen molar-refractivity contribution in [3.8, 4) is 0 Å². The van der Waals surface area contributed by atoms with Gasteiger partial charge in [0, 0.05) is 0 Å². The van der Waals surface area contributed by atoms with Crippen LogP contribution in [0.1, 0.15) is 0 Å². The maximum absolute atomic E-state index is 13.2. The third kappa shape index (κ3) is 1.67. The summed E-state index contributed by atoms with van der Waals surface area (Å²) in [4.78, 5) is 0. The summed E-state index contributed by atoms with van der Waals surface area (Å²) in [5.74, 6) is 0. The van der Waals surface area contributed by atoms with Crippen LogP contribution in [0.4, 0.5) is 13.2 Å². The minimum absolute atomic E-state index is 0.532. The van der Waals surface area contributed by atoms with Crippen molar-refractivity contribution < 1.29 is 13.2 Å². The fourth-order valence-electron chi connectivity index (χ4n) is 2.10. The molecule has 0 saturated carbocycles. The molecule has 0 saturated heterocycles. The van der Waals surface area contributed by atoms with Crippen molar-refractivity contribution in [2.45, 2.75) is 4.22 Å². The Morgan fingerprint density at radius 1 is 0.706 bits per heavy atom. The Bertz CT molecular complexity index is 641. The Balaban J connectivity index is 2.60. The van der Waals surface area contributed by atoms with Crippen molar-refractivity contribution in [2.75, 3.05) is 0 Å². The first-order chi connectivity index (χ1) is 8.09. The van der Waals surface area contributed by atoms with E-state index in [1.54, 1.807) is 48.5 Å². The molecule has 1 heterocycles. The number of rotatable bonds is 0. The van der Waals surface area contributed by atoms with Crippen LogP contribution in [0.5, 0.6) is 0 Å². The monoisotopic (exact) mass is 351 g/mol. The summed E-state index contributed by atoms with van der Waals surface area (Å²) >= 11 is -3.42. The molecular formula is C13H8F3Te+. The van der Waals surface area contributed by atoms with E-state index in [4.69, 9.17) is 0 Å². The molecule has 86 valence electrons. The van der Waals surface area contributed by atoms with Crippen molar-refractivity contribution in [2.24, 2.45) is 0 Å². The molecule has 0 N–H and O–H groups in total. The number of hydrogen-bond acceptors (Lipinski definition) is 0. The second kappa shape index (κ2) is 3.76. The average Bonchev–Trinajstić information content (AvgIpc) is 2.63. The molecule has 0 bridgehead atoms. The van der Waals surface area contributed by atoms with Gasteiger partial charge in [0.1, 0.15) is 0 Å². The van der Waals surface area contributed by atoms with Gasteiger partial charge in [0.05, 0.1) is 0 Å². The van der Waals surface area contributed by atoms with Crippen LogP contribution < -0.4 is 0 Å². The van der Waals surface area contributed by atoms with Gasteiger partial charge in [-0.2, -0.15) is 0 Å². The van der Waals surface area contributed by atoms with Crippen LogP contribution in [0, 0.1) is 0 Å². The molecule has 3 aromatic rings. The topological polar surface area (TPSA) is 0 Å². The van der Waals surface area contributed by atoms with Gasteiger partial charge in [-0.25, -0.2) is 0 Å². The number of alkyl halides is 3. The van der Waals surface area contributed by atoms with Crippen molar-refractivity contribution in [1.82, 2.24) is 0 Å². The molecule has 0 spiro atoms. The third-order valence-corrected chi connectivity index (χ3v) is 8.60. The summed E-state index contributed by atoms with van der Waals surface area (Å²) in [5.41, 5.74) is 0. The van der Waals surface area contributed by atoms with Gasteiger partial charge in [0.2, 0.25) is 0 Å². The first-order valence-corrected chi connectivity index (χ1v) is 8.58. The maximum atomic E-state index is 13.2. The van der Waals surface area contributed by atoms with Gasteiger partial charge in [-0.1, -0.05) is 0 Å². The van der Waals surface area contributed by atoms with Gasteiger partial charge < -0.3 is 0 Å². The van der Waals surface area contributed by atoms with Gasteiger partial charge in [-0.3, -0.25) is 0 Å². The molecule has 0 radical (unpaired) electrons. The van der Waals surface area contributed by atoms with E-state index in [0.717, 1.165) is 10.8 Å². The number of benzene rings is 2. The molecule has 3 rings (SSSR count). The number of fused-ring (bicyclic) bond motifs is 3. The van der Waals surface area contributed by atoms with Crippen LogP contribution >= 0.6 is 0 Å². The molecule has 0 aliphatic carbocycles. The van der Waals surface area contributed by atoms with Gasteiger partial charge in [0.25, 0.3) is 0 Å². The summed E-state index contributed by atoms with van der Waals surface area (Å²) in [6.07, 6.45) is 0. The van der Waals surface area contributed by atoms with E-state index in [0.29, 0.717) is 6.80 Å². The molecule has 0 atom stereocenters. The molecule has 1 aromatic heterocycles. The molecule has 2 aromatic carbocycles. The van der Waals surface area contributed by atoms with Gasteiger partial charge in [0.15, 0.2) is 0 Å². The van der Waals surface area contributed by atoms with Crippen molar-refractivity contribution in [3.05, 3.63) is 48.5 Å². The zero-order chi connectivity index (χ0) is 12.0. The molecule has 0 unspecified atom stereocenters. The fourth-order valence-corrected chi connectivity index (χ4v) is 7.70. The SMILES string of the molecule is FC(F)(F)[te+]1c2ccccc2c2ccccc21. The molecule has 0 amide bonds. The molecule has 17 heavy (non-hydrogen) atoms. The van der Waals surface area contributed by atoms with E-state index in [9.17, 15) is 13.2 Å². The first-order valence-electron chi connectivity index (χ1n) is 5.08. The molecule has 0 nitrogen and oxygen atoms in total. The van der Waals surface area contributed by atoms with Crippen LogP contribution in [0.15, 0.2) is 48.5 Å². The summed E-state index contributed by atoms with van der Waals surface area (Å²) < 4.78 is 36.6. The van der Waals surface area contributed by atoms with E-state index in [1.165, 1.54) is 0 Å². The predicted molar refractivity (Wildman–Crippen MR) is 64.3 cm³/mol. The Labute approximate surface area is 102 Å². The third-order valence-electron chi connectivity index (χ3n) is 2.74. The normalized spacial score (nSPS) is 12.4. The van der Waals surface area contributed by atoms with Gasteiger partial charge >= 0.3 is 103 Å². The van der Waals surface area contributed by atoms with E-state index in [2.05, 4.69) is 0 Å². The second-order valence-corrected chi connectivity index (χ2v) is 9.32. The predicted octanol–water partition coefficient (Wildman–Crippen LogP) is 4.21. The molecule has 0 aliphatic heterocycles. The fraction of sp³-hybridized carbons (Fsp3) is 0.0769. The van der Waals surface area contributed by atoms with Crippen LogP contribution in [-0.2, 0) is 4.22 Å². The molecular weight excluding hydrogens is 341 g/mol. The second-order valence-electron chi connectivity index (χ2n) is 3.74. The molecule has 0 aliphatic rings. The summed E-state index contributed by atoms with van der Waals surface area (Å²) in [6, 6.07) is 13.9. The van der Waals surface area contributed by atoms with Crippen LogP contribution in [0.25, 0.3) is 17.6 Å². The minimum atomic E-state index is -4.06. The van der Waals surface area contributed by atoms with Gasteiger partial charge in [-0.05, 0) is 0 Å². The van der Waals surface area contributed by atoms with Crippen molar-refractivity contribution in [3.63, 3.8) is 0 Å². The Kier molecular flexibility index (Phi) is 2.46. The standard InChI is InChI=1S/C13H8F3Te/c14-13(15,16)17-11-7-3-1-5-9(11)10-6-2-4-8-12(10)17/h1-8H/q+1. The number of halogens is 3. The van der Waals surface area contributed by atoms with E-state index in [-0.39, 0.29) is 0 Å². The van der Waals surface area contributed by atoms with Crippen molar-refractivity contribution in [1.29, 1.82) is 0 Å². The van der Waals surface area contributed by atoms with Gasteiger partial charge in [-0.15, -0.1) is 0 Å². The van der Waals surface area contributed by atoms with Crippen LogP contribution in [0.2, 0.25) is 0 Å². The zero-order valence-electron chi connectivity index (χ0n) is 8.66. The average molecular weight is 349 g/mol.